The average molecular weight is 545 g/mol. The Morgan fingerprint density at radius 2 is 1.23 bits per heavy atom. The number of hydrogen-bond donors (Lipinski definition) is 1. The van der Waals surface area contributed by atoms with Crippen LogP contribution in [0.25, 0.3) is 0 Å². The van der Waals surface area contributed by atoms with Crippen LogP contribution < -0.4 is 0 Å². The number of ether oxygens (including phenoxy) is 5. The number of hydrogen-bond acceptors (Lipinski definition) is 6. The summed E-state index contributed by atoms with van der Waals surface area (Å²) in [7, 11) is 0. The Labute approximate surface area is 237 Å². The number of fused-ring (bicyclic) bond motifs is 1. The molecule has 3 fully saturated rings. The van der Waals surface area contributed by atoms with Crippen LogP contribution in [0.5, 0.6) is 0 Å². The summed E-state index contributed by atoms with van der Waals surface area (Å²) >= 11 is 0. The Morgan fingerprint density at radius 3 is 1.82 bits per heavy atom. The zero-order chi connectivity index (χ0) is 27.3. The van der Waals surface area contributed by atoms with Gasteiger partial charge < -0.3 is 28.8 Å². The normalized spacial score (nSPS) is 29.3. The summed E-state index contributed by atoms with van der Waals surface area (Å²) in [6.45, 7) is 1.24. The van der Waals surface area contributed by atoms with E-state index >= 15 is 0 Å². The highest BCUT2D eigenvalue weighted by Gasteiger charge is 2.62. The predicted octanol–water partition coefficient (Wildman–Crippen LogP) is 5.95. The molecule has 1 heterocycles. The van der Waals surface area contributed by atoms with Crippen LogP contribution >= 0.6 is 0 Å². The van der Waals surface area contributed by atoms with Gasteiger partial charge in [-0.1, -0.05) is 97.4 Å². The smallest absolute Gasteiger partial charge is 0.169 e. The monoisotopic (exact) mass is 544 g/mol. The fourth-order valence-electron chi connectivity index (χ4n) is 6.42. The highest BCUT2D eigenvalue weighted by Crippen LogP contribution is 2.48. The minimum atomic E-state index is -1.32. The van der Waals surface area contributed by atoms with Crippen LogP contribution in [0, 0.1) is 0 Å². The maximum absolute atomic E-state index is 12.3. The SMILES string of the molecule is O[C@]1(COCc2ccccc2)C[C@H]2OC3(CCCCC3)O[C@H]2[C@@H](OCc2ccccc2)[C@@H]1OCc1ccccc1. The van der Waals surface area contributed by atoms with E-state index in [1.54, 1.807) is 0 Å². The van der Waals surface area contributed by atoms with Gasteiger partial charge >= 0.3 is 0 Å². The minimum Gasteiger partial charge on any atom is -0.385 e. The van der Waals surface area contributed by atoms with E-state index in [0.29, 0.717) is 26.2 Å². The average Bonchev–Trinajstić information content (AvgIpc) is 3.33. The van der Waals surface area contributed by atoms with Crippen LogP contribution in [0.3, 0.4) is 0 Å². The number of rotatable bonds is 10. The van der Waals surface area contributed by atoms with Crippen molar-refractivity contribution in [3.05, 3.63) is 108 Å². The van der Waals surface area contributed by atoms with Gasteiger partial charge in [0.2, 0.25) is 0 Å². The van der Waals surface area contributed by atoms with Gasteiger partial charge in [0.1, 0.15) is 23.9 Å². The zero-order valence-corrected chi connectivity index (χ0v) is 23.0. The summed E-state index contributed by atoms with van der Waals surface area (Å²) in [5, 5.41) is 12.3. The van der Waals surface area contributed by atoms with Gasteiger partial charge in [-0.05, 0) is 29.5 Å². The highest BCUT2D eigenvalue weighted by molar-refractivity contribution is 5.17. The molecule has 6 heteroatoms. The van der Waals surface area contributed by atoms with Crippen LogP contribution in [-0.2, 0) is 43.5 Å². The molecule has 0 aromatic heterocycles. The van der Waals surface area contributed by atoms with Crippen molar-refractivity contribution < 1.29 is 28.8 Å². The summed E-state index contributed by atoms with van der Waals surface area (Å²) in [5.74, 6) is -0.609. The van der Waals surface area contributed by atoms with Crippen molar-refractivity contribution in [3.63, 3.8) is 0 Å². The standard InChI is InChI=1S/C34H40O6/c35-33(25-36-22-26-13-5-1-6-14-26)21-29-30(40-34(39-29)19-11-4-12-20-34)31(37-23-27-15-7-2-8-16-27)32(33)38-24-28-17-9-3-10-18-28/h1-3,5-10,13-18,29-32,35H,4,11-12,19-25H2/t29-,30-,31-,32+,33+/m1/s1. The number of aliphatic hydroxyl groups is 1. The molecule has 1 N–H and O–H groups in total. The predicted molar refractivity (Wildman–Crippen MR) is 151 cm³/mol. The maximum atomic E-state index is 12.3. The van der Waals surface area contributed by atoms with Gasteiger partial charge in [0.15, 0.2) is 5.79 Å². The van der Waals surface area contributed by atoms with Crippen LogP contribution in [-0.4, -0.2) is 47.5 Å². The summed E-state index contributed by atoms with van der Waals surface area (Å²) in [5.41, 5.74) is 1.82. The van der Waals surface area contributed by atoms with E-state index in [1.165, 1.54) is 6.42 Å². The first kappa shape index (κ1) is 27.6. The van der Waals surface area contributed by atoms with Crippen molar-refractivity contribution in [3.8, 4) is 0 Å². The van der Waals surface area contributed by atoms with Crippen molar-refractivity contribution in [1.29, 1.82) is 0 Å². The molecular formula is C34H40O6. The highest BCUT2D eigenvalue weighted by atomic mass is 16.8. The lowest BCUT2D eigenvalue weighted by molar-refractivity contribution is -0.249. The molecule has 3 aliphatic rings. The fraction of sp³-hybridized carbons (Fsp3) is 0.471. The molecular weight excluding hydrogens is 504 g/mol. The van der Waals surface area contributed by atoms with Crippen LogP contribution in [0.4, 0.5) is 0 Å². The third kappa shape index (κ3) is 6.33. The lowest BCUT2D eigenvalue weighted by atomic mass is 9.77. The van der Waals surface area contributed by atoms with Crippen molar-refractivity contribution in [2.75, 3.05) is 6.61 Å². The molecule has 6 nitrogen and oxygen atoms in total. The molecule has 2 saturated carbocycles. The van der Waals surface area contributed by atoms with E-state index in [1.807, 2.05) is 91.0 Å². The first-order chi connectivity index (χ1) is 19.6. The van der Waals surface area contributed by atoms with Gasteiger partial charge in [0, 0.05) is 19.3 Å². The number of benzene rings is 3. The molecule has 3 aromatic rings. The van der Waals surface area contributed by atoms with Gasteiger partial charge in [-0.2, -0.15) is 0 Å². The van der Waals surface area contributed by atoms with Crippen LogP contribution in [0.15, 0.2) is 91.0 Å². The molecule has 1 spiro atoms. The topological polar surface area (TPSA) is 66.4 Å². The van der Waals surface area contributed by atoms with Crippen molar-refractivity contribution in [2.24, 2.45) is 0 Å². The lowest BCUT2D eigenvalue weighted by Crippen LogP contribution is -2.65. The molecule has 2 aliphatic carbocycles. The summed E-state index contributed by atoms with van der Waals surface area (Å²) < 4.78 is 32.8. The van der Waals surface area contributed by atoms with Crippen molar-refractivity contribution >= 4 is 0 Å². The molecule has 0 bridgehead atoms. The quantitative estimate of drug-likeness (QED) is 0.340. The Balaban J connectivity index is 1.27. The molecule has 1 saturated heterocycles. The van der Waals surface area contributed by atoms with Crippen LogP contribution in [0.2, 0.25) is 0 Å². The fourth-order valence-corrected chi connectivity index (χ4v) is 6.42. The van der Waals surface area contributed by atoms with E-state index in [0.717, 1.165) is 42.4 Å². The lowest BCUT2D eigenvalue weighted by Gasteiger charge is -2.47. The van der Waals surface area contributed by atoms with E-state index in [9.17, 15) is 5.11 Å². The largest absolute Gasteiger partial charge is 0.385 e. The summed E-state index contributed by atoms with van der Waals surface area (Å²) in [6, 6.07) is 30.2. The first-order valence-corrected chi connectivity index (χ1v) is 14.6. The van der Waals surface area contributed by atoms with E-state index in [-0.39, 0.29) is 18.8 Å². The third-order valence-electron chi connectivity index (χ3n) is 8.43. The second-order valence-electron chi connectivity index (χ2n) is 11.5. The second kappa shape index (κ2) is 12.5. The Hall–Kier alpha value is -2.58. The van der Waals surface area contributed by atoms with Gasteiger partial charge in [0.05, 0.1) is 32.5 Å². The third-order valence-corrected chi connectivity index (χ3v) is 8.43. The van der Waals surface area contributed by atoms with Crippen molar-refractivity contribution in [1.82, 2.24) is 0 Å². The zero-order valence-electron chi connectivity index (χ0n) is 23.0. The Bertz CT molecular complexity index is 1180. The summed E-state index contributed by atoms with van der Waals surface area (Å²) in [6.07, 6.45) is 3.59. The van der Waals surface area contributed by atoms with Gasteiger partial charge in [-0.3, -0.25) is 0 Å². The van der Waals surface area contributed by atoms with Crippen LogP contribution in [0.1, 0.15) is 55.2 Å². The Morgan fingerprint density at radius 1 is 0.675 bits per heavy atom. The molecule has 0 amide bonds. The molecule has 1 aliphatic heterocycles. The van der Waals surface area contributed by atoms with E-state index in [2.05, 4.69) is 0 Å². The minimum absolute atomic E-state index is 0.103. The van der Waals surface area contributed by atoms with E-state index < -0.39 is 23.6 Å². The second-order valence-corrected chi connectivity index (χ2v) is 11.5. The molecule has 0 unspecified atom stereocenters. The summed E-state index contributed by atoms with van der Waals surface area (Å²) in [4.78, 5) is 0. The molecule has 0 radical (unpaired) electrons. The molecule has 3 aromatic carbocycles. The molecule has 40 heavy (non-hydrogen) atoms. The maximum Gasteiger partial charge on any atom is 0.169 e. The Kier molecular flexibility index (Phi) is 8.63. The molecule has 5 atom stereocenters. The first-order valence-electron chi connectivity index (χ1n) is 14.6. The van der Waals surface area contributed by atoms with E-state index in [4.69, 9.17) is 23.7 Å². The van der Waals surface area contributed by atoms with Gasteiger partial charge in [0.25, 0.3) is 0 Å². The molecule has 212 valence electrons. The van der Waals surface area contributed by atoms with Gasteiger partial charge in [-0.25, -0.2) is 0 Å². The molecule has 6 rings (SSSR count). The van der Waals surface area contributed by atoms with Gasteiger partial charge in [-0.15, -0.1) is 0 Å². The van der Waals surface area contributed by atoms with Crippen molar-refractivity contribution in [2.45, 2.75) is 94.1 Å².